The van der Waals surface area contributed by atoms with Gasteiger partial charge in [0.25, 0.3) is 0 Å². The largest absolute Gasteiger partial charge is 0.342 e. The van der Waals surface area contributed by atoms with E-state index in [1.165, 1.54) is 32.1 Å². The van der Waals surface area contributed by atoms with Gasteiger partial charge in [-0.3, -0.25) is 9.59 Å². The molecule has 0 radical (unpaired) electrons. The van der Waals surface area contributed by atoms with Crippen LogP contribution in [0.5, 0.6) is 0 Å². The van der Waals surface area contributed by atoms with Gasteiger partial charge >= 0.3 is 0 Å². The highest BCUT2D eigenvalue weighted by Gasteiger charge is 2.48. The number of amides is 2. The molecule has 0 bridgehead atoms. The zero-order chi connectivity index (χ0) is 17.3. The summed E-state index contributed by atoms with van der Waals surface area (Å²) in [7, 11) is 0. The number of carbonyl (C=O) groups excluding carboxylic acids is 2. The standard InChI is InChI=1S/C20H32N2O2S/c23-18(16-6-2-1-3-7-16)21-12-10-20(11-13-21)22(14-15-25-20)19(24)17-8-4-5-9-17/h16-17H,1-15H2. The Morgan fingerprint density at radius 3 is 1.96 bits per heavy atom. The van der Waals surface area contributed by atoms with E-state index in [2.05, 4.69) is 9.80 Å². The van der Waals surface area contributed by atoms with E-state index < -0.39 is 0 Å². The Hall–Kier alpha value is -0.710. The number of thioether (sulfide) groups is 1. The Morgan fingerprint density at radius 2 is 1.32 bits per heavy atom. The van der Waals surface area contributed by atoms with E-state index in [9.17, 15) is 9.59 Å². The maximum atomic E-state index is 13.0. The molecule has 2 aliphatic heterocycles. The molecule has 4 fully saturated rings. The molecule has 2 aliphatic carbocycles. The fraction of sp³-hybridized carbons (Fsp3) is 0.900. The molecule has 0 atom stereocenters. The average molecular weight is 365 g/mol. The van der Waals surface area contributed by atoms with E-state index in [1.807, 2.05) is 11.8 Å². The molecule has 0 aromatic rings. The molecule has 0 unspecified atom stereocenters. The van der Waals surface area contributed by atoms with Gasteiger partial charge in [0.15, 0.2) is 0 Å². The van der Waals surface area contributed by atoms with Gasteiger partial charge in [0.2, 0.25) is 11.8 Å². The van der Waals surface area contributed by atoms with Crippen LogP contribution in [0.3, 0.4) is 0 Å². The van der Waals surface area contributed by atoms with E-state index in [0.717, 1.165) is 63.9 Å². The fourth-order valence-electron chi connectivity index (χ4n) is 5.41. The number of piperidine rings is 1. The van der Waals surface area contributed by atoms with Crippen LogP contribution in [0.2, 0.25) is 0 Å². The fourth-order valence-corrected chi connectivity index (χ4v) is 6.87. The first-order chi connectivity index (χ1) is 12.2. The predicted molar refractivity (Wildman–Crippen MR) is 101 cm³/mol. The minimum absolute atomic E-state index is 0.0109. The number of hydrogen-bond donors (Lipinski definition) is 0. The second-order valence-electron chi connectivity index (χ2n) is 8.43. The van der Waals surface area contributed by atoms with E-state index in [1.54, 1.807) is 0 Å². The van der Waals surface area contributed by atoms with Crippen molar-refractivity contribution in [3.63, 3.8) is 0 Å². The molecule has 4 nitrogen and oxygen atoms in total. The van der Waals surface area contributed by atoms with Gasteiger partial charge in [-0.05, 0) is 38.5 Å². The lowest BCUT2D eigenvalue weighted by Crippen LogP contribution is -2.55. The highest BCUT2D eigenvalue weighted by molar-refractivity contribution is 8.00. The molecule has 0 N–H and O–H groups in total. The van der Waals surface area contributed by atoms with Crippen LogP contribution >= 0.6 is 11.8 Å². The Balaban J connectivity index is 1.37. The highest BCUT2D eigenvalue weighted by atomic mass is 32.2. The summed E-state index contributed by atoms with van der Waals surface area (Å²) in [6.07, 6.45) is 12.4. The summed E-state index contributed by atoms with van der Waals surface area (Å²) in [5.41, 5.74) is 0. The first-order valence-electron chi connectivity index (χ1n) is 10.4. The second-order valence-corrected chi connectivity index (χ2v) is 9.88. The summed E-state index contributed by atoms with van der Waals surface area (Å²) in [4.78, 5) is 30.2. The molecule has 0 aromatic carbocycles. The second kappa shape index (κ2) is 7.50. The summed E-state index contributed by atoms with van der Waals surface area (Å²) in [5.74, 6) is 2.42. The minimum atomic E-state index is -0.0109. The zero-order valence-electron chi connectivity index (χ0n) is 15.4. The van der Waals surface area contributed by atoms with Crippen LogP contribution in [-0.2, 0) is 9.59 Å². The smallest absolute Gasteiger partial charge is 0.226 e. The molecule has 4 aliphatic rings. The Morgan fingerprint density at radius 1 is 0.760 bits per heavy atom. The number of likely N-dealkylation sites (tertiary alicyclic amines) is 1. The van der Waals surface area contributed by atoms with E-state index in [0.29, 0.717) is 11.8 Å². The molecule has 5 heteroatoms. The SMILES string of the molecule is O=C(C1CCCCC1)N1CCC2(CC1)SCCN2C(=O)C1CCCC1. The third-order valence-electron chi connectivity index (χ3n) is 6.96. The van der Waals surface area contributed by atoms with Gasteiger partial charge in [-0.15, -0.1) is 11.8 Å². The lowest BCUT2D eigenvalue weighted by atomic mass is 9.87. The molecular formula is C20H32N2O2S. The Labute approximate surface area is 156 Å². The van der Waals surface area contributed by atoms with Crippen LogP contribution in [0.15, 0.2) is 0 Å². The normalized spacial score (nSPS) is 28.0. The van der Waals surface area contributed by atoms with Gasteiger partial charge in [-0.2, -0.15) is 0 Å². The quantitative estimate of drug-likeness (QED) is 0.751. The van der Waals surface area contributed by atoms with E-state index in [4.69, 9.17) is 0 Å². The van der Waals surface area contributed by atoms with Gasteiger partial charge in [0.05, 0.1) is 4.87 Å². The maximum Gasteiger partial charge on any atom is 0.226 e. The van der Waals surface area contributed by atoms with Crippen molar-refractivity contribution in [2.75, 3.05) is 25.4 Å². The predicted octanol–water partition coefficient (Wildman–Crippen LogP) is 3.65. The van der Waals surface area contributed by atoms with Crippen molar-refractivity contribution in [2.45, 2.75) is 75.5 Å². The maximum absolute atomic E-state index is 13.0. The number of carbonyl (C=O) groups is 2. The molecule has 0 aromatic heterocycles. The molecule has 140 valence electrons. The number of hydrogen-bond acceptors (Lipinski definition) is 3. The van der Waals surface area contributed by atoms with Crippen molar-refractivity contribution in [3.05, 3.63) is 0 Å². The third-order valence-corrected chi connectivity index (χ3v) is 8.51. The first kappa shape index (κ1) is 17.7. The van der Waals surface area contributed by atoms with Crippen LogP contribution < -0.4 is 0 Å². The van der Waals surface area contributed by atoms with Crippen molar-refractivity contribution < 1.29 is 9.59 Å². The minimum Gasteiger partial charge on any atom is -0.342 e. The molecule has 25 heavy (non-hydrogen) atoms. The van der Waals surface area contributed by atoms with Gasteiger partial charge in [-0.25, -0.2) is 0 Å². The van der Waals surface area contributed by atoms with Gasteiger partial charge in [0.1, 0.15) is 0 Å². The van der Waals surface area contributed by atoms with Gasteiger partial charge in [0, 0.05) is 37.2 Å². The highest BCUT2D eigenvalue weighted by Crippen LogP contribution is 2.46. The molecular weight excluding hydrogens is 332 g/mol. The third kappa shape index (κ3) is 3.45. The molecule has 2 saturated carbocycles. The summed E-state index contributed by atoms with van der Waals surface area (Å²) in [6, 6.07) is 0. The molecule has 2 saturated heterocycles. The van der Waals surface area contributed by atoms with Gasteiger partial charge in [-0.1, -0.05) is 32.1 Å². The van der Waals surface area contributed by atoms with Crippen molar-refractivity contribution in [1.29, 1.82) is 0 Å². The Kier molecular flexibility index (Phi) is 5.30. The summed E-state index contributed by atoms with van der Waals surface area (Å²) in [5, 5.41) is 0. The van der Waals surface area contributed by atoms with Crippen molar-refractivity contribution in [2.24, 2.45) is 11.8 Å². The lowest BCUT2D eigenvalue weighted by molar-refractivity contribution is -0.142. The molecule has 2 amide bonds. The number of rotatable bonds is 2. The van der Waals surface area contributed by atoms with Crippen LogP contribution in [0.25, 0.3) is 0 Å². The van der Waals surface area contributed by atoms with E-state index >= 15 is 0 Å². The van der Waals surface area contributed by atoms with Crippen LogP contribution in [0.1, 0.15) is 70.6 Å². The van der Waals surface area contributed by atoms with Crippen LogP contribution in [0.4, 0.5) is 0 Å². The first-order valence-corrected chi connectivity index (χ1v) is 11.4. The monoisotopic (exact) mass is 364 g/mol. The van der Waals surface area contributed by atoms with E-state index in [-0.39, 0.29) is 16.7 Å². The van der Waals surface area contributed by atoms with Crippen molar-refractivity contribution >= 4 is 23.6 Å². The van der Waals surface area contributed by atoms with Crippen LogP contribution in [0, 0.1) is 11.8 Å². The summed E-state index contributed by atoms with van der Waals surface area (Å²) >= 11 is 1.98. The molecule has 2 heterocycles. The molecule has 4 rings (SSSR count). The van der Waals surface area contributed by atoms with Crippen LogP contribution in [-0.4, -0.2) is 51.9 Å². The molecule has 1 spiro atoms. The summed E-state index contributed by atoms with van der Waals surface area (Å²) < 4.78 is 0. The lowest BCUT2D eigenvalue weighted by Gasteiger charge is -2.45. The van der Waals surface area contributed by atoms with Crippen molar-refractivity contribution in [3.8, 4) is 0 Å². The van der Waals surface area contributed by atoms with Crippen molar-refractivity contribution in [1.82, 2.24) is 9.80 Å². The van der Waals surface area contributed by atoms with Gasteiger partial charge < -0.3 is 9.80 Å². The Bertz CT molecular complexity index is 504. The topological polar surface area (TPSA) is 40.6 Å². The average Bonchev–Trinajstić information content (AvgIpc) is 3.33. The summed E-state index contributed by atoms with van der Waals surface area (Å²) in [6.45, 7) is 2.60. The number of nitrogens with zero attached hydrogens (tertiary/aromatic N) is 2. The zero-order valence-corrected chi connectivity index (χ0v) is 16.2.